The van der Waals surface area contributed by atoms with Crippen LogP contribution in [0.3, 0.4) is 0 Å². The van der Waals surface area contributed by atoms with Crippen molar-refractivity contribution in [2.24, 2.45) is 0 Å². The highest BCUT2D eigenvalue weighted by Gasteiger charge is 2.24. The molecule has 0 radical (unpaired) electrons. The van der Waals surface area contributed by atoms with Gasteiger partial charge in [-0.1, -0.05) is 6.07 Å². The summed E-state index contributed by atoms with van der Waals surface area (Å²) in [4.78, 5) is 46.2. The number of rotatable bonds is 5. The molecule has 0 spiro atoms. The number of esters is 1. The van der Waals surface area contributed by atoms with Gasteiger partial charge in [0.1, 0.15) is 11.9 Å². The number of aliphatic hydroxyl groups is 1. The SMILES string of the molecule is CCO.CCOC(=O)CN1CCN(C(=O)OC(C)(C)C)CCN(CC=O)Cc2cccc(n2)C1. The molecule has 1 amide bonds. The molecule has 0 unspecified atom stereocenters. The minimum atomic E-state index is -0.616. The first-order chi connectivity index (χ1) is 16.1. The summed E-state index contributed by atoms with van der Waals surface area (Å²) in [6.45, 7) is 12.5. The molecule has 0 aromatic carbocycles. The van der Waals surface area contributed by atoms with E-state index in [-0.39, 0.29) is 25.7 Å². The molecule has 1 N–H and O–H groups in total. The van der Waals surface area contributed by atoms with Crippen LogP contribution < -0.4 is 0 Å². The van der Waals surface area contributed by atoms with Gasteiger partial charge in [-0.15, -0.1) is 0 Å². The smallest absolute Gasteiger partial charge is 0.410 e. The molecule has 0 saturated heterocycles. The Hall–Kier alpha value is -2.56. The Morgan fingerprint density at radius 3 is 2.15 bits per heavy atom. The van der Waals surface area contributed by atoms with Crippen LogP contribution in [-0.2, 0) is 32.2 Å². The number of aldehydes is 1. The molecule has 34 heavy (non-hydrogen) atoms. The Morgan fingerprint density at radius 1 is 1.06 bits per heavy atom. The first-order valence-corrected chi connectivity index (χ1v) is 11.7. The molecule has 192 valence electrons. The van der Waals surface area contributed by atoms with Gasteiger partial charge in [0, 0.05) is 45.9 Å². The number of amides is 1. The fraction of sp³-hybridized carbons (Fsp3) is 0.667. The van der Waals surface area contributed by atoms with Crippen molar-refractivity contribution in [3.63, 3.8) is 0 Å². The van der Waals surface area contributed by atoms with E-state index in [9.17, 15) is 14.4 Å². The Labute approximate surface area is 202 Å². The third-order valence-corrected chi connectivity index (χ3v) is 4.65. The van der Waals surface area contributed by atoms with Crippen molar-refractivity contribution in [1.29, 1.82) is 0 Å². The van der Waals surface area contributed by atoms with E-state index in [1.807, 2.05) is 48.8 Å². The molecule has 2 heterocycles. The summed E-state index contributed by atoms with van der Waals surface area (Å²) in [6, 6.07) is 5.75. The minimum absolute atomic E-state index is 0.110. The quantitative estimate of drug-likeness (QED) is 0.497. The van der Waals surface area contributed by atoms with Crippen molar-refractivity contribution in [1.82, 2.24) is 19.7 Å². The Bertz CT molecular complexity index is 768. The number of carbonyl (C=O) groups excluding carboxylic acids is 3. The average molecular weight is 481 g/mol. The summed E-state index contributed by atoms with van der Waals surface area (Å²) in [7, 11) is 0. The molecule has 1 aliphatic rings. The Balaban J connectivity index is 0.00000182. The molecule has 1 aromatic rings. The lowest BCUT2D eigenvalue weighted by molar-refractivity contribution is -0.144. The average Bonchev–Trinajstić information content (AvgIpc) is 2.72. The zero-order valence-electron chi connectivity index (χ0n) is 21.2. The van der Waals surface area contributed by atoms with E-state index < -0.39 is 11.7 Å². The van der Waals surface area contributed by atoms with Crippen LogP contribution in [0, 0.1) is 0 Å². The van der Waals surface area contributed by atoms with Crippen molar-refractivity contribution in [3.05, 3.63) is 29.6 Å². The molecule has 0 aliphatic carbocycles. The molecule has 2 rings (SSSR count). The van der Waals surface area contributed by atoms with E-state index in [1.54, 1.807) is 18.7 Å². The maximum absolute atomic E-state index is 12.8. The molecule has 0 fully saturated rings. The summed E-state index contributed by atoms with van der Waals surface area (Å²) in [5.41, 5.74) is 1.03. The van der Waals surface area contributed by atoms with E-state index in [0.29, 0.717) is 45.9 Å². The van der Waals surface area contributed by atoms with Crippen LogP contribution >= 0.6 is 0 Å². The molecule has 2 bridgehead atoms. The van der Waals surface area contributed by atoms with Crippen LogP contribution in [0.5, 0.6) is 0 Å². The van der Waals surface area contributed by atoms with Crippen molar-refractivity contribution in [2.75, 3.05) is 52.5 Å². The lowest BCUT2D eigenvalue weighted by Gasteiger charge is -2.32. The number of hydrogen-bond donors (Lipinski definition) is 1. The van der Waals surface area contributed by atoms with Crippen LogP contribution in [-0.4, -0.2) is 101 Å². The summed E-state index contributed by atoms with van der Waals surface area (Å²) in [6.07, 6.45) is 0.442. The lowest BCUT2D eigenvalue weighted by atomic mass is 10.2. The number of aromatic nitrogens is 1. The highest BCUT2D eigenvalue weighted by Crippen LogP contribution is 2.13. The van der Waals surface area contributed by atoms with E-state index >= 15 is 0 Å². The molecule has 10 heteroatoms. The van der Waals surface area contributed by atoms with E-state index in [1.165, 1.54) is 0 Å². The van der Waals surface area contributed by atoms with Crippen LogP contribution in [0.1, 0.15) is 46.0 Å². The molecule has 1 aromatic heterocycles. The number of pyridine rings is 1. The summed E-state index contributed by atoms with van der Waals surface area (Å²) >= 11 is 0. The van der Waals surface area contributed by atoms with Crippen molar-refractivity contribution >= 4 is 18.3 Å². The second kappa shape index (κ2) is 15.4. The molecular weight excluding hydrogens is 440 g/mol. The van der Waals surface area contributed by atoms with Gasteiger partial charge in [-0.3, -0.25) is 19.6 Å². The van der Waals surface area contributed by atoms with E-state index in [0.717, 1.165) is 17.7 Å². The van der Waals surface area contributed by atoms with Gasteiger partial charge in [0.2, 0.25) is 0 Å². The number of carbonyl (C=O) groups is 3. The summed E-state index contributed by atoms with van der Waals surface area (Å²) in [5, 5.41) is 7.57. The molecule has 10 nitrogen and oxygen atoms in total. The molecule has 1 aliphatic heterocycles. The minimum Gasteiger partial charge on any atom is -0.465 e. The van der Waals surface area contributed by atoms with Crippen molar-refractivity contribution < 1.29 is 29.0 Å². The normalized spacial score (nSPS) is 15.8. The number of hydrogen-bond acceptors (Lipinski definition) is 9. The van der Waals surface area contributed by atoms with Crippen LogP contribution in [0.25, 0.3) is 0 Å². The van der Waals surface area contributed by atoms with Gasteiger partial charge in [0.05, 0.1) is 31.1 Å². The van der Waals surface area contributed by atoms with Crippen LogP contribution in [0.15, 0.2) is 18.2 Å². The van der Waals surface area contributed by atoms with Gasteiger partial charge in [-0.25, -0.2) is 4.79 Å². The molecular formula is C24H40N4O6. The molecule has 0 atom stereocenters. The number of ether oxygens (including phenoxy) is 2. The van der Waals surface area contributed by atoms with E-state index in [2.05, 4.69) is 4.98 Å². The van der Waals surface area contributed by atoms with Gasteiger partial charge in [-0.2, -0.15) is 0 Å². The van der Waals surface area contributed by atoms with Crippen LogP contribution in [0.2, 0.25) is 0 Å². The van der Waals surface area contributed by atoms with Gasteiger partial charge < -0.3 is 24.3 Å². The zero-order chi connectivity index (χ0) is 25.6. The third kappa shape index (κ3) is 12.1. The fourth-order valence-electron chi connectivity index (χ4n) is 3.25. The topological polar surface area (TPSA) is 113 Å². The molecule has 0 saturated carbocycles. The second-order valence-electron chi connectivity index (χ2n) is 8.82. The maximum Gasteiger partial charge on any atom is 0.410 e. The first-order valence-electron chi connectivity index (χ1n) is 11.7. The first kappa shape index (κ1) is 29.5. The van der Waals surface area contributed by atoms with Gasteiger partial charge in [0.25, 0.3) is 0 Å². The van der Waals surface area contributed by atoms with Crippen molar-refractivity contribution in [3.8, 4) is 0 Å². The highest BCUT2D eigenvalue weighted by molar-refractivity contribution is 5.71. The highest BCUT2D eigenvalue weighted by atomic mass is 16.6. The van der Waals surface area contributed by atoms with Gasteiger partial charge >= 0.3 is 12.1 Å². The number of fused-ring (bicyclic) bond motifs is 2. The monoisotopic (exact) mass is 480 g/mol. The fourth-order valence-corrected chi connectivity index (χ4v) is 3.25. The van der Waals surface area contributed by atoms with Crippen LogP contribution in [0.4, 0.5) is 4.79 Å². The lowest BCUT2D eigenvalue weighted by Crippen LogP contribution is -2.46. The van der Waals surface area contributed by atoms with Gasteiger partial charge in [0.15, 0.2) is 0 Å². The zero-order valence-corrected chi connectivity index (χ0v) is 21.2. The maximum atomic E-state index is 12.8. The largest absolute Gasteiger partial charge is 0.465 e. The second-order valence-corrected chi connectivity index (χ2v) is 8.82. The number of nitrogens with zero attached hydrogens (tertiary/aromatic N) is 4. The number of aliphatic hydroxyl groups excluding tert-OH is 1. The van der Waals surface area contributed by atoms with Gasteiger partial charge in [-0.05, 0) is 46.8 Å². The predicted molar refractivity (Wildman–Crippen MR) is 128 cm³/mol. The summed E-state index contributed by atoms with van der Waals surface area (Å²) < 4.78 is 10.7. The van der Waals surface area contributed by atoms with Crippen molar-refractivity contribution in [2.45, 2.75) is 53.3 Å². The van der Waals surface area contributed by atoms with E-state index in [4.69, 9.17) is 14.6 Å². The Morgan fingerprint density at radius 2 is 1.62 bits per heavy atom. The summed E-state index contributed by atoms with van der Waals surface area (Å²) in [5.74, 6) is -0.313. The standard InChI is InChI=1S/C22H34N4O5.C2H6O/c1-5-30-20(28)17-25-10-12-26(21(29)31-22(2,3)4)11-9-24(13-14-27)15-18-7-6-8-19(16-25)23-18;1-2-3/h6-8,14H,5,9-13,15-17H2,1-4H3;3H,2H2,1H3. The third-order valence-electron chi connectivity index (χ3n) is 4.65. The predicted octanol–water partition coefficient (Wildman–Crippen LogP) is 1.70. The Kier molecular flexibility index (Phi) is 13.3.